The third kappa shape index (κ3) is 6.28. The van der Waals surface area contributed by atoms with E-state index >= 15 is 8.78 Å². The van der Waals surface area contributed by atoms with E-state index in [1.165, 1.54) is 44.9 Å². The largest absolute Gasteiger partial charge is 0.494 e. The average Bonchev–Trinajstić information content (AvgIpc) is 2.92. The van der Waals surface area contributed by atoms with Crippen LogP contribution in [0.1, 0.15) is 75.3 Å². The van der Waals surface area contributed by atoms with E-state index in [4.69, 9.17) is 9.47 Å². The molecule has 3 aromatic rings. The van der Waals surface area contributed by atoms with Gasteiger partial charge in [0.25, 0.3) is 0 Å². The van der Waals surface area contributed by atoms with Crippen LogP contribution >= 0.6 is 0 Å². The Morgan fingerprint density at radius 3 is 2.16 bits per heavy atom. The molecule has 1 aliphatic rings. The molecule has 0 saturated heterocycles. The van der Waals surface area contributed by atoms with Crippen molar-refractivity contribution in [3.63, 3.8) is 0 Å². The highest BCUT2D eigenvalue weighted by molar-refractivity contribution is 5.65. The first kappa shape index (κ1) is 27.0. The summed E-state index contributed by atoms with van der Waals surface area (Å²) in [7, 11) is 1.26. The topological polar surface area (TPSA) is 18.5 Å². The fourth-order valence-corrected chi connectivity index (χ4v) is 5.28. The van der Waals surface area contributed by atoms with Gasteiger partial charge in [0.2, 0.25) is 5.82 Å². The molecule has 0 N–H and O–H groups in total. The van der Waals surface area contributed by atoms with Crippen molar-refractivity contribution in [1.29, 1.82) is 0 Å². The Labute approximate surface area is 216 Å². The number of benzene rings is 3. The van der Waals surface area contributed by atoms with Crippen LogP contribution in [0.2, 0.25) is 0 Å². The molecule has 1 fully saturated rings. The van der Waals surface area contributed by atoms with Gasteiger partial charge in [0.05, 0.1) is 7.11 Å². The average molecular weight is 515 g/mol. The Bertz CT molecular complexity index is 1180. The highest BCUT2D eigenvalue weighted by Crippen LogP contribution is 2.40. The van der Waals surface area contributed by atoms with Crippen LogP contribution in [0.5, 0.6) is 11.5 Å². The quantitative estimate of drug-likeness (QED) is 0.198. The first-order valence-electron chi connectivity index (χ1n) is 13.1. The van der Waals surface area contributed by atoms with Crippen LogP contribution in [0.15, 0.2) is 48.5 Å². The molecule has 37 heavy (non-hydrogen) atoms. The molecule has 0 radical (unpaired) electrons. The summed E-state index contributed by atoms with van der Waals surface area (Å²) in [6, 6.07) is 12.5. The van der Waals surface area contributed by atoms with E-state index in [1.807, 2.05) is 0 Å². The lowest BCUT2D eigenvalue weighted by atomic mass is 9.76. The van der Waals surface area contributed by atoms with Crippen molar-refractivity contribution >= 4 is 0 Å². The van der Waals surface area contributed by atoms with Crippen LogP contribution in [0.3, 0.4) is 0 Å². The lowest BCUT2D eigenvalue weighted by molar-refractivity contribution is 0.294. The Morgan fingerprint density at radius 1 is 0.757 bits per heavy atom. The molecule has 4 rings (SSSR count). The number of methoxy groups -OCH3 is 1. The minimum absolute atomic E-state index is 0.0427. The van der Waals surface area contributed by atoms with Crippen molar-refractivity contribution in [3.05, 3.63) is 82.9 Å². The molecular formula is C31H34F4O2. The monoisotopic (exact) mass is 514 g/mol. The van der Waals surface area contributed by atoms with Gasteiger partial charge in [-0.3, -0.25) is 0 Å². The third-order valence-corrected chi connectivity index (χ3v) is 7.52. The van der Waals surface area contributed by atoms with Crippen LogP contribution in [0.25, 0.3) is 11.1 Å². The van der Waals surface area contributed by atoms with E-state index in [1.54, 1.807) is 36.4 Å². The number of hydrogen-bond acceptors (Lipinski definition) is 2. The molecule has 0 spiro atoms. The third-order valence-electron chi connectivity index (χ3n) is 7.52. The standard InChI is InChI=1S/C31H34F4O2/c1-3-4-5-6-20-7-9-21(10-8-20)25-16-17-26(30(34)29(25)33)22-11-14-24(15-12-22)37-19-23-13-18-27(36-2)31(35)28(23)32/h11-18,20-21H,3-10,19H2,1-2H3. The second-order valence-corrected chi connectivity index (χ2v) is 9.91. The van der Waals surface area contributed by atoms with Gasteiger partial charge in [-0.15, -0.1) is 0 Å². The summed E-state index contributed by atoms with van der Waals surface area (Å²) in [5, 5.41) is 0. The molecule has 0 aromatic heterocycles. The summed E-state index contributed by atoms with van der Waals surface area (Å²) in [5.74, 6) is -2.72. The molecule has 0 bridgehead atoms. The molecule has 0 atom stereocenters. The van der Waals surface area contributed by atoms with Crippen molar-refractivity contribution in [2.75, 3.05) is 7.11 Å². The highest BCUT2D eigenvalue weighted by Gasteiger charge is 2.26. The van der Waals surface area contributed by atoms with E-state index in [0.717, 1.165) is 25.7 Å². The van der Waals surface area contributed by atoms with Gasteiger partial charge in [0, 0.05) is 11.1 Å². The summed E-state index contributed by atoms with van der Waals surface area (Å²) >= 11 is 0. The molecule has 6 heteroatoms. The number of unbranched alkanes of at least 4 members (excludes halogenated alkanes) is 2. The normalized spacial score (nSPS) is 17.6. The molecule has 3 aromatic carbocycles. The Kier molecular flexibility index (Phi) is 9.12. The lowest BCUT2D eigenvalue weighted by Crippen LogP contribution is -2.15. The Hall–Kier alpha value is -3.02. The summed E-state index contributed by atoms with van der Waals surface area (Å²) in [5.41, 5.74) is 1.21. The van der Waals surface area contributed by atoms with Crippen molar-refractivity contribution in [2.24, 2.45) is 5.92 Å². The number of halogens is 4. The minimum Gasteiger partial charge on any atom is -0.494 e. The lowest BCUT2D eigenvalue weighted by Gasteiger charge is -2.29. The van der Waals surface area contributed by atoms with Crippen LogP contribution in [0.4, 0.5) is 17.6 Å². The maximum Gasteiger partial charge on any atom is 0.201 e. The van der Waals surface area contributed by atoms with E-state index < -0.39 is 23.3 Å². The van der Waals surface area contributed by atoms with Crippen LogP contribution in [-0.2, 0) is 6.61 Å². The summed E-state index contributed by atoms with van der Waals surface area (Å²) < 4.78 is 68.6. The number of ether oxygens (including phenoxy) is 2. The molecule has 1 aliphatic carbocycles. The molecule has 198 valence electrons. The highest BCUT2D eigenvalue weighted by atomic mass is 19.2. The number of rotatable bonds is 10. The number of hydrogen-bond donors (Lipinski definition) is 0. The first-order chi connectivity index (χ1) is 17.9. The van der Waals surface area contributed by atoms with Gasteiger partial charge in [-0.1, -0.05) is 56.9 Å². The predicted octanol–water partition coefficient (Wildman–Crippen LogP) is 9.35. The van der Waals surface area contributed by atoms with Gasteiger partial charge in [0.1, 0.15) is 12.4 Å². The Balaban J connectivity index is 1.39. The molecule has 1 saturated carbocycles. The molecule has 0 amide bonds. The fraction of sp³-hybridized carbons (Fsp3) is 0.419. The van der Waals surface area contributed by atoms with Crippen molar-refractivity contribution < 1.29 is 27.0 Å². The summed E-state index contributed by atoms with van der Waals surface area (Å²) in [6.45, 7) is 2.01. The van der Waals surface area contributed by atoms with Crippen LogP contribution in [-0.4, -0.2) is 7.11 Å². The molecule has 0 heterocycles. The van der Waals surface area contributed by atoms with Crippen molar-refractivity contribution in [3.8, 4) is 22.6 Å². The molecule has 2 nitrogen and oxygen atoms in total. The minimum atomic E-state index is -1.07. The van der Waals surface area contributed by atoms with Gasteiger partial charge >= 0.3 is 0 Å². The maximum absolute atomic E-state index is 15.1. The zero-order chi connectivity index (χ0) is 26.4. The van der Waals surface area contributed by atoms with Gasteiger partial charge in [-0.25, -0.2) is 13.2 Å². The summed E-state index contributed by atoms with van der Waals surface area (Å²) in [6.07, 6.45) is 8.92. The predicted molar refractivity (Wildman–Crippen MR) is 138 cm³/mol. The van der Waals surface area contributed by atoms with E-state index in [-0.39, 0.29) is 29.4 Å². The zero-order valence-corrected chi connectivity index (χ0v) is 21.5. The van der Waals surface area contributed by atoms with Gasteiger partial charge in [-0.05, 0) is 72.9 Å². The fourth-order valence-electron chi connectivity index (χ4n) is 5.28. The van der Waals surface area contributed by atoms with Gasteiger partial charge in [0.15, 0.2) is 23.2 Å². The summed E-state index contributed by atoms with van der Waals surface area (Å²) in [4.78, 5) is 0. The van der Waals surface area contributed by atoms with Crippen molar-refractivity contribution in [1.82, 2.24) is 0 Å². The van der Waals surface area contributed by atoms with Gasteiger partial charge in [-0.2, -0.15) is 4.39 Å². The van der Waals surface area contributed by atoms with Gasteiger partial charge < -0.3 is 9.47 Å². The SMILES string of the molecule is CCCCCC1CCC(c2ccc(-c3ccc(OCc4ccc(OC)c(F)c4F)cc3)c(F)c2F)CC1. The first-order valence-corrected chi connectivity index (χ1v) is 13.1. The maximum atomic E-state index is 15.1. The molecule has 0 aliphatic heterocycles. The van der Waals surface area contributed by atoms with E-state index in [2.05, 4.69) is 6.92 Å². The molecule has 0 unspecified atom stereocenters. The molecular weight excluding hydrogens is 480 g/mol. The van der Waals surface area contributed by atoms with Crippen molar-refractivity contribution in [2.45, 2.75) is 70.8 Å². The smallest absolute Gasteiger partial charge is 0.201 e. The second kappa shape index (κ2) is 12.5. The van der Waals surface area contributed by atoms with E-state index in [9.17, 15) is 8.78 Å². The second-order valence-electron chi connectivity index (χ2n) is 9.91. The van der Waals surface area contributed by atoms with Crippen LogP contribution in [0, 0.1) is 29.2 Å². The Morgan fingerprint density at radius 2 is 1.49 bits per heavy atom. The van der Waals surface area contributed by atoms with E-state index in [0.29, 0.717) is 22.8 Å². The zero-order valence-electron chi connectivity index (χ0n) is 21.5. The van der Waals surface area contributed by atoms with Crippen LogP contribution < -0.4 is 9.47 Å².